The van der Waals surface area contributed by atoms with Crippen molar-refractivity contribution in [1.82, 2.24) is 15.6 Å². The molecule has 21 heavy (non-hydrogen) atoms. The van der Waals surface area contributed by atoms with Crippen LogP contribution in [0.4, 0.5) is 0 Å². The molecule has 6 nitrogen and oxygen atoms in total. The van der Waals surface area contributed by atoms with Crippen LogP contribution in [-0.2, 0) is 11.3 Å². The molecular weight excluding hydrogens is 383 g/mol. The molecule has 0 aliphatic rings. The molecule has 0 aliphatic carbocycles. The van der Waals surface area contributed by atoms with Gasteiger partial charge >= 0.3 is 0 Å². The SMILES string of the molecule is CCNC(=NCc1ccc(OC)nc1)NC(C)COC.I. The van der Waals surface area contributed by atoms with E-state index >= 15 is 0 Å². The van der Waals surface area contributed by atoms with Crippen molar-refractivity contribution in [3.63, 3.8) is 0 Å². The number of nitrogens with zero attached hydrogens (tertiary/aromatic N) is 2. The van der Waals surface area contributed by atoms with Gasteiger partial charge < -0.3 is 20.1 Å². The first kappa shape index (κ1) is 19.9. The Bertz CT molecular complexity index is 412. The van der Waals surface area contributed by atoms with Crippen LogP contribution in [0.5, 0.6) is 5.88 Å². The minimum absolute atomic E-state index is 0. The molecule has 0 saturated heterocycles. The molecule has 1 rings (SSSR count). The number of rotatable bonds is 7. The highest BCUT2D eigenvalue weighted by atomic mass is 127. The van der Waals surface area contributed by atoms with Crippen molar-refractivity contribution in [3.8, 4) is 5.88 Å². The maximum absolute atomic E-state index is 5.10. The second kappa shape index (κ2) is 11.6. The van der Waals surface area contributed by atoms with Crippen molar-refractivity contribution in [3.05, 3.63) is 23.9 Å². The molecule has 0 fully saturated rings. The van der Waals surface area contributed by atoms with Gasteiger partial charge in [0.15, 0.2) is 5.96 Å². The molecule has 0 aliphatic heterocycles. The van der Waals surface area contributed by atoms with Gasteiger partial charge in [0.2, 0.25) is 5.88 Å². The van der Waals surface area contributed by atoms with Crippen molar-refractivity contribution >= 4 is 29.9 Å². The molecule has 0 amide bonds. The van der Waals surface area contributed by atoms with Crippen LogP contribution in [-0.4, -0.2) is 44.4 Å². The Labute approximate surface area is 143 Å². The molecule has 0 aromatic carbocycles. The highest BCUT2D eigenvalue weighted by molar-refractivity contribution is 14.0. The third-order valence-corrected chi connectivity index (χ3v) is 2.57. The second-order valence-electron chi connectivity index (χ2n) is 4.40. The van der Waals surface area contributed by atoms with E-state index < -0.39 is 0 Å². The van der Waals surface area contributed by atoms with Gasteiger partial charge in [0.1, 0.15) is 0 Å². The third kappa shape index (κ3) is 8.05. The summed E-state index contributed by atoms with van der Waals surface area (Å²) in [5, 5.41) is 6.48. The lowest BCUT2D eigenvalue weighted by molar-refractivity contribution is 0.179. The van der Waals surface area contributed by atoms with Crippen LogP contribution < -0.4 is 15.4 Å². The standard InChI is InChI=1S/C14H24N4O2.HI/c1-5-15-14(18-11(2)10-19-3)17-9-12-6-7-13(20-4)16-8-12;/h6-8,11H,5,9-10H2,1-4H3,(H2,15,17,18);1H. The Morgan fingerprint density at radius 1 is 1.38 bits per heavy atom. The Morgan fingerprint density at radius 3 is 2.67 bits per heavy atom. The molecular formula is C14H25IN4O2. The summed E-state index contributed by atoms with van der Waals surface area (Å²) in [6.07, 6.45) is 1.77. The largest absolute Gasteiger partial charge is 0.481 e. The number of nitrogens with one attached hydrogen (secondary N) is 2. The number of ether oxygens (including phenoxy) is 2. The quantitative estimate of drug-likeness (QED) is 0.409. The fourth-order valence-corrected chi connectivity index (χ4v) is 1.64. The van der Waals surface area contributed by atoms with E-state index in [1.807, 2.05) is 26.0 Å². The molecule has 1 aromatic heterocycles. The molecule has 1 aromatic rings. The van der Waals surface area contributed by atoms with Gasteiger partial charge in [0.25, 0.3) is 0 Å². The molecule has 1 heterocycles. The van der Waals surface area contributed by atoms with Crippen molar-refractivity contribution in [1.29, 1.82) is 0 Å². The maximum Gasteiger partial charge on any atom is 0.212 e. The smallest absolute Gasteiger partial charge is 0.212 e. The molecule has 1 unspecified atom stereocenters. The Morgan fingerprint density at radius 2 is 2.14 bits per heavy atom. The summed E-state index contributed by atoms with van der Waals surface area (Å²) in [6, 6.07) is 3.99. The van der Waals surface area contributed by atoms with Gasteiger partial charge in [-0.25, -0.2) is 9.98 Å². The van der Waals surface area contributed by atoms with E-state index in [9.17, 15) is 0 Å². The van der Waals surface area contributed by atoms with Gasteiger partial charge in [-0.15, -0.1) is 24.0 Å². The predicted molar refractivity (Wildman–Crippen MR) is 95.5 cm³/mol. The molecule has 0 radical (unpaired) electrons. The maximum atomic E-state index is 5.10. The fourth-order valence-electron chi connectivity index (χ4n) is 1.64. The van der Waals surface area contributed by atoms with Crippen LogP contribution in [0, 0.1) is 0 Å². The fraction of sp³-hybridized carbons (Fsp3) is 0.571. The Kier molecular flexibility index (Phi) is 11.0. The lowest BCUT2D eigenvalue weighted by atomic mass is 10.3. The number of halogens is 1. The van der Waals surface area contributed by atoms with Crippen molar-refractivity contribution in [2.45, 2.75) is 26.4 Å². The zero-order valence-corrected chi connectivity index (χ0v) is 15.4. The first-order valence-electron chi connectivity index (χ1n) is 6.72. The minimum atomic E-state index is 0. The van der Waals surface area contributed by atoms with E-state index in [4.69, 9.17) is 9.47 Å². The summed E-state index contributed by atoms with van der Waals surface area (Å²) < 4.78 is 10.1. The Hall–Kier alpha value is -1.09. The topological polar surface area (TPSA) is 67.8 Å². The van der Waals surface area contributed by atoms with Gasteiger partial charge in [-0.05, 0) is 19.4 Å². The summed E-state index contributed by atoms with van der Waals surface area (Å²) >= 11 is 0. The van der Waals surface area contributed by atoms with Crippen LogP contribution in [0.3, 0.4) is 0 Å². The normalized spacial score (nSPS) is 12.3. The summed E-state index contributed by atoms with van der Waals surface area (Å²) in [6.45, 7) is 6.09. The minimum Gasteiger partial charge on any atom is -0.481 e. The van der Waals surface area contributed by atoms with Crippen LogP contribution in [0.25, 0.3) is 0 Å². The van der Waals surface area contributed by atoms with Gasteiger partial charge in [-0.3, -0.25) is 0 Å². The van der Waals surface area contributed by atoms with Crippen LogP contribution in [0.2, 0.25) is 0 Å². The first-order chi connectivity index (χ1) is 9.69. The lowest BCUT2D eigenvalue weighted by Crippen LogP contribution is -2.43. The molecule has 0 spiro atoms. The average Bonchev–Trinajstić information content (AvgIpc) is 2.46. The van der Waals surface area contributed by atoms with Crippen LogP contribution >= 0.6 is 24.0 Å². The number of aliphatic imine (C=N–C) groups is 1. The predicted octanol–water partition coefficient (Wildman–Crippen LogP) is 1.80. The molecule has 0 saturated carbocycles. The van der Waals surface area contributed by atoms with E-state index in [1.165, 1.54) is 0 Å². The van der Waals surface area contributed by atoms with E-state index in [-0.39, 0.29) is 30.0 Å². The number of aromatic nitrogens is 1. The summed E-state index contributed by atoms with van der Waals surface area (Å²) in [7, 11) is 3.29. The van der Waals surface area contributed by atoms with Crippen LogP contribution in [0.1, 0.15) is 19.4 Å². The summed E-state index contributed by atoms with van der Waals surface area (Å²) in [4.78, 5) is 8.68. The monoisotopic (exact) mass is 408 g/mol. The Balaban J connectivity index is 0.00000400. The zero-order valence-electron chi connectivity index (χ0n) is 13.0. The van der Waals surface area contributed by atoms with E-state index in [0.29, 0.717) is 19.0 Å². The van der Waals surface area contributed by atoms with Crippen LogP contribution in [0.15, 0.2) is 23.3 Å². The number of hydrogen-bond acceptors (Lipinski definition) is 4. The third-order valence-electron chi connectivity index (χ3n) is 2.57. The van der Waals surface area contributed by atoms with Gasteiger partial charge in [0, 0.05) is 32.0 Å². The average molecular weight is 408 g/mol. The molecule has 7 heteroatoms. The zero-order chi connectivity index (χ0) is 14.8. The van der Waals surface area contributed by atoms with Gasteiger partial charge in [-0.1, -0.05) is 6.07 Å². The molecule has 2 N–H and O–H groups in total. The first-order valence-corrected chi connectivity index (χ1v) is 6.72. The lowest BCUT2D eigenvalue weighted by Gasteiger charge is -2.16. The summed E-state index contributed by atoms with van der Waals surface area (Å²) in [5.74, 6) is 1.38. The second-order valence-corrected chi connectivity index (χ2v) is 4.40. The number of methoxy groups -OCH3 is 2. The summed E-state index contributed by atoms with van der Waals surface area (Å²) in [5.41, 5.74) is 1.03. The van der Waals surface area contributed by atoms with Gasteiger partial charge in [-0.2, -0.15) is 0 Å². The van der Waals surface area contributed by atoms with Crippen molar-refractivity contribution < 1.29 is 9.47 Å². The molecule has 120 valence electrons. The van der Waals surface area contributed by atoms with E-state index in [0.717, 1.165) is 18.1 Å². The van der Waals surface area contributed by atoms with Gasteiger partial charge in [0.05, 0.1) is 20.3 Å². The number of hydrogen-bond donors (Lipinski definition) is 2. The number of pyridine rings is 1. The van der Waals surface area contributed by atoms with Crippen molar-refractivity contribution in [2.24, 2.45) is 4.99 Å². The highest BCUT2D eigenvalue weighted by Crippen LogP contribution is 2.07. The highest BCUT2D eigenvalue weighted by Gasteiger charge is 2.04. The molecule has 1 atom stereocenters. The molecule has 0 bridgehead atoms. The van der Waals surface area contributed by atoms with Crippen molar-refractivity contribution in [2.75, 3.05) is 27.4 Å². The van der Waals surface area contributed by atoms with E-state index in [2.05, 4.69) is 20.6 Å². The van der Waals surface area contributed by atoms with E-state index in [1.54, 1.807) is 20.4 Å². The number of guanidine groups is 1.